The van der Waals surface area contributed by atoms with Crippen molar-refractivity contribution in [1.82, 2.24) is 0 Å². The summed E-state index contributed by atoms with van der Waals surface area (Å²) in [5, 5.41) is 11.7. The second-order valence-electron chi connectivity index (χ2n) is 3.85. The molecule has 0 aromatic heterocycles. The van der Waals surface area contributed by atoms with Gasteiger partial charge in [-0.15, -0.1) is 0 Å². The summed E-state index contributed by atoms with van der Waals surface area (Å²) in [6.07, 6.45) is 0. The molecule has 0 radical (unpaired) electrons. The van der Waals surface area contributed by atoms with E-state index in [1.54, 1.807) is 0 Å². The van der Waals surface area contributed by atoms with Crippen LogP contribution in [0.4, 0.5) is 0 Å². The van der Waals surface area contributed by atoms with Gasteiger partial charge in [0.2, 0.25) is 0 Å². The van der Waals surface area contributed by atoms with Crippen molar-refractivity contribution in [2.45, 2.75) is 12.6 Å². The normalized spacial score (nSPS) is 12.1. The minimum Gasteiger partial charge on any atom is -0.198 e. The summed E-state index contributed by atoms with van der Waals surface area (Å²) < 4.78 is 0. The third-order valence-electron chi connectivity index (χ3n) is 2.64. The molecule has 0 saturated carbocycles. The lowest BCUT2D eigenvalue weighted by Crippen LogP contribution is -2.18. The number of benzene rings is 2. The second-order valence-corrected chi connectivity index (χ2v) is 6.39. The summed E-state index contributed by atoms with van der Waals surface area (Å²) in [6, 6.07) is 23.0. The van der Waals surface area contributed by atoms with Crippen LogP contribution in [0.3, 0.4) is 0 Å². The van der Waals surface area contributed by atoms with Gasteiger partial charge in [0.25, 0.3) is 0 Å². The lowest BCUT2D eigenvalue weighted by molar-refractivity contribution is 1.23. The first-order valence-corrected chi connectivity index (χ1v) is 7.03. The highest BCUT2D eigenvalue weighted by Gasteiger charge is 2.19. The number of nitriles is 1. The van der Waals surface area contributed by atoms with Crippen LogP contribution in [-0.4, -0.2) is 5.66 Å². The molecule has 0 amide bonds. The standard InChI is InChI=1S/C15H14NP/c1-13(12-16)17(14-8-4-2-5-9-14)15-10-6-3-7-11-15/h2-11,13H,1H3. The molecule has 0 aliphatic heterocycles. The molecule has 0 saturated heterocycles. The first-order valence-electron chi connectivity index (χ1n) is 5.62. The minimum atomic E-state index is -0.573. The summed E-state index contributed by atoms with van der Waals surface area (Å²) in [4.78, 5) is 0. The van der Waals surface area contributed by atoms with Gasteiger partial charge in [-0.05, 0) is 25.5 Å². The van der Waals surface area contributed by atoms with Gasteiger partial charge in [-0.3, -0.25) is 0 Å². The van der Waals surface area contributed by atoms with Gasteiger partial charge in [0.15, 0.2) is 0 Å². The zero-order valence-corrected chi connectivity index (χ0v) is 10.6. The third-order valence-corrected chi connectivity index (χ3v) is 5.24. The quantitative estimate of drug-likeness (QED) is 0.755. The molecular weight excluding hydrogens is 225 g/mol. The topological polar surface area (TPSA) is 23.8 Å². The van der Waals surface area contributed by atoms with Crippen LogP contribution in [-0.2, 0) is 0 Å². The molecule has 2 heteroatoms. The van der Waals surface area contributed by atoms with Crippen molar-refractivity contribution < 1.29 is 0 Å². The molecule has 1 nitrogen and oxygen atoms in total. The number of nitrogens with zero attached hydrogens (tertiary/aromatic N) is 1. The first-order chi connectivity index (χ1) is 8.33. The van der Waals surface area contributed by atoms with Crippen LogP contribution < -0.4 is 10.6 Å². The Kier molecular flexibility index (Phi) is 3.91. The SMILES string of the molecule is CC(C#N)P(c1ccccc1)c1ccccc1. The second kappa shape index (κ2) is 5.62. The van der Waals surface area contributed by atoms with Crippen LogP contribution in [0.1, 0.15) is 6.92 Å². The highest BCUT2D eigenvalue weighted by Crippen LogP contribution is 2.38. The Hall–Kier alpha value is -1.64. The fourth-order valence-electron chi connectivity index (χ4n) is 1.83. The predicted octanol–water partition coefficient (Wildman–Crippen LogP) is 3.03. The lowest BCUT2D eigenvalue weighted by atomic mass is 10.4. The molecule has 0 aliphatic rings. The van der Waals surface area contributed by atoms with E-state index in [0.717, 1.165) is 0 Å². The van der Waals surface area contributed by atoms with E-state index in [1.807, 2.05) is 43.3 Å². The van der Waals surface area contributed by atoms with E-state index in [0.29, 0.717) is 0 Å². The van der Waals surface area contributed by atoms with Gasteiger partial charge in [0.05, 0.1) is 11.7 Å². The highest BCUT2D eigenvalue weighted by atomic mass is 31.1. The van der Waals surface area contributed by atoms with E-state index in [9.17, 15) is 5.26 Å². The van der Waals surface area contributed by atoms with Crippen LogP contribution in [0, 0.1) is 11.3 Å². The number of hydrogen-bond acceptors (Lipinski definition) is 1. The Bertz CT molecular complexity index is 462. The Morgan fingerprint density at radius 1 is 0.882 bits per heavy atom. The van der Waals surface area contributed by atoms with Crippen molar-refractivity contribution >= 4 is 18.5 Å². The Morgan fingerprint density at radius 2 is 1.29 bits per heavy atom. The van der Waals surface area contributed by atoms with Gasteiger partial charge < -0.3 is 0 Å². The van der Waals surface area contributed by atoms with Crippen LogP contribution in [0.5, 0.6) is 0 Å². The molecule has 84 valence electrons. The average Bonchev–Trinajstić information content (AvgIpc) is 2.41. The van der Waals surface area contributed by atoms with E-state index in [2.05, 4.69) is 30.3 Å². The molecule has 0 fully saturated rings. The maximum atomic E-state index is 9.19. The number of rotatable bonds is 3. The molecule has 0 heterocycles. The molecule has 0 aliphatic carbocycles. The van der Waals surface area contributed by atoms with Crippen molar-refractivity contribution in [3.63, 3.8) is 0 Å². The molecule has 2 rings (SSSR count). The predicted molar refractivity (Wildman–Crippen MR) is 74.1 cm³/mol. The van der Waals surface area contributed by atoms with Crippen molar-refractivity contribution in [1.29, 1.82) is 5.26 Å². The van der Waals surface area contributed by atoms with Crippen molar-refractivity contribution in [2.75, 3.05) is 0 Å². The van der Waals surface area contributed by atoms with Gasteiger partial charge in [-0.25, -0.2) is 0 Å². The largest absolute Gasteiger partial charge is 0.198 e. The molecule has 0 N–H and O–H groups in total. The summed E-state index contributed by atoms with van der Waals surface area (Å²) in [7, 11) is -0.573. The summed E-state index contributed by atoms with van der Waals surface area (Å²) in [6.45, 7) is 2.01. The van der Waals surface area contributed by atoms with Gasteiger partial charge in [0.1, 0.15) is 0 Å². The van der Waals surface area contributed by atoms with Crippen molar-refractivity contribution in [2.24, 2.45) is 0 Å². The maximum Gasteiger partial charge on any atom is 0.0715 e. The van der Waals surface area contributed by atoms with Gasteiger partial charge in [-0.1, -0.05) is 60.7 Å². The zero-order chi connectivity index (χ0) is 12.1. The Balaban J connectivity index is 2.44. The van der Waals surface area contributed by atoms with Crippen LogP contribution in [0.15, 0.2) is 60.7 Å². The molecule has 1 atom stereocenters. The summed E-state index contributed by atoms with van der Waals surface area (Å²) in [5.41, 5.74) is 0.0369. The summed E-state index contributed by atoms with van der Waals surface area (Å²) in [5.74, 6) is 0. The van der Waals surface area contributed by atoms with Gasteiger partial charge in [-0.2, -0.15) is 5.26 Å². The molecular formula is C15H14NP. The maximum absolute atomic E-state index is 9.19. The van der Waals surface area contributed by atoms with E-state index >= 15 is 0 Å². The third kappa shape index (κ3) is 2.73. The van der Waals surface area contributed by atoms with Crippen LogP contribution >= 0.6 is 7.92 Å². The first kappa shape index (κ1) is 11.8. The smallest absolute Gasteiger partial charge is 0.0715 e. The van der Waals surface area contributed by atoms with Gasteiger partial charge in [0, 0.05) is 0 Å². The minimum absolute atomic E-state index is 0.0369. The van der Waals surface area contributed by atoms with Crippen LogP contribution in [0.25, 0.3) is 0 Å². The average molecular weight is 239 g/mol. The van der Waals surface area contributed by atoms with Crippen LogP contribution in [0.2, 0.25) is 0 Å². The Morgan fingerprint density at radius 3 is 1.65 bits per heavy atom. The number of hydrogen-bond donors (Lipinski definition) is 0. The molecule has 17 heavy (non-hydrogen) atoms. The highest BCUT2D eigenvalue weighted by molar-refractivity contribution is 7.73. The molecule has 2 aromatic carbocycles. The van der Waals surface area contributed by atoms with Crippen molar-refractivity contribution in [3.05, 3.63) is 60.7 Å². The lowest BCUT2D eigenvalue weighted by Gasteiger charge is -2.20. The van der Waals surface area contributed by atoms with Gasteiger partial charge >= 0.3 is 0 Å². The fraction of sp³-hybridized carbons (Fsp3) is 0.133. The summed E-state index contributed by atoms with van der Waals surface area (Å²) >= 11 is 0. The fourth-order valence-corrected chi connectivity index (χ4v) is 4.13. The molecule has 0 bridgehead atoms. The molecule has 1 unspecified atom stereocenters. The van der Waals surface area contributed by atoms with E-state index in [-0.39, 0.29) is 5.66 Å². The van der Waals surface area contributed by atoms with Crippen molar-refractivity contribution in [3.8, 4) is 6.07 Å². The monoisotopic (exact) mass is 239 g/mol. The molecule has 2 aromatic rings. The van der Waals surface area contributed by atoms with E-state index in [1.165, 1.54) is 10.6 Å². The van der Waals surface area contributed by atoms with E-state index in [4.69, 9.17) is 0 Å². The Labute approximate surface area is 103 Å². The zero-order valence-electron chi connectivity index (χ0n) is 9.75. The van der Waals surface area contributed by atoms with E-state index < -0.39 is 7.92 Å². The molecule has 0 spiro atoms.